The number of benzene rings is 2. The largest absolute Gasteiger partial charge is 0.489 e. The van der Waals surface area contributed by atoms with Gasteiger partial charge < -0.3 is 10.1 Å². The van der Waals surface area contributed by atoms with E-state index in [2.05, 4.69) is 11.9 Å². The number of rotatable bonds is 5. The van der Waals surface area contributed by atoms with Gasteiger partial charge in [-0.3, -0.25) is 4.79 Å². The van der Waals surface area contributed by atoms with Gasteiger partial charge in [-0.15, -0.1) is 11.3 Å². The lowest BCUT2D eigenvalue weighted by atomic mass is 10.2. The maximum atomic E-state index is 12.5. The Kier molecular flexibility index (Phi) is 4.88. The highest BCUT2D eigenvalue weighted by Gasteiger charge is 2.17. The summed E-state index contributed by atoms with van der Waals surface area (Å²) in [6.07, 6.45) is 0. The van der Waals surface area contributed by atoms with Gasteiger partial charge in [-0.2, -0.15) is 0 Å². The van der Waals surface area contributed by atoms with Crippen LogP contribution in [0, 0.1) is 0 Å². The molecule has 24 heavy (non-hydrogen) atoms. The number of thiophene rings is 1. The number of hydrogen-bond acceptors (Lipinski definition) is 3. The fourth-order valence-electron chi connectivity index (χ4n) is 2.22. The van der Waals surface area contributed by atoms with Crippen molar-refractivity contribution in [2.45, 2.75) is 6.92 Å². The van der Waals surface area contributed by atoms with E-state index < -0.39 is 0 Å². The van der Waals surface area contributed by atoms with Crippen molar-refractivity contribution in [1.82, 2.24) is 0 Å². The highest BCUT2D eigenvalue weighted by molar-refractivity contribution is 7.21. The maximum absolute atomic E-state index is 12.5. The summed E-state index contributed by atoms with van der Waals surface area (Å²) in [5.74, 6) is 0.455. The fourth-order valence-corrected chi connectivity index (χ4v) is 3.63. The number of halogens is 1. The van der Waals surface area contributed by atoms with Crippen molar-refractivity contribution < 1.29 is 9.53 Å². The Morgan fingerprint density at radius 1 is 1.25 bits per heavy atom. The molecule has 5 heteroatoms. The molecule has 0 bridgehead atoms. The molecule has 3 nitrogen and oxygen atoms in total. The highest BCUT2D eigenvalue weighted by Crippen LogP contribution is 2.35. The average Bonchev–Trinajstić information content (AvgIpc) is 2.91. The number of carbonyl (C=O) groups is 1. The van der Waals surface area contributed by atoms with Gasteiger partial charge in [0.2, 0.25) is 0 Å². The smallest absolute Gasteiger partial charge is 0.267 e. The van der Waals surface area contributed by atoms with Crippen LogP contribution in [-0.2, 0) is 0 Å². The van der Waals surface area contributed by atoms with Crippen molar-refractivity contribution in [3.05, 3.63) is 70.6 Å². The molecular weight excluding hydrogens is 342 g/mol. The molecule has 3 aromatic rings. The van der Waals surface area contributed by atoms with Gasteiger partial charge in [0.15, 0.2) is 0 Å². The second-order valence-corrected chi connectivity index (χ2v) is 6.90. The molecule has 1 amide bonds. The second-order valence-electron chi connectivity index (χ2n) is 5.47. The number of hydrogen-bond donors (Lipinski definition) is 1. The molecule has 2 aromatic carbocycles. The fraction of sp³-hybridized carbons (Fsp3) is 0.105. The van der Waals surface area contributed by atoms with Gasteiger partial charge in [0.25, 0.3) is 5.91 Å². The molecule has 0 aliphatic rings. The molecule has 0 aliphatic heterocycles. The minimum Gasteiger partial charge on any atom is -0.489 e. The molecular formula is C19H16ClNO2S. The Morgan fingerprint density at radius 2 is 2.04 bits per heavy atom. The number of fused-ring (bicyclic) bond motifs is 1. The molecule has 0 saturated heterocycles. The SMILES string of the molecule is C=C(C)COc1cccc(NC(=O)c2sc3ccccc3c2Cl)c1. The van der Waals surface area contributed by atoms with Crippen LogP contribution in [-0.4, -0.2) is 12.5 Å². The number of amides is 1. The van der Waals surface area contributed by atoms with Gasteiger partial charge in [0.1, 0.15) is 17.2 Å². The Balaban J connectivity index is 1.80. The van der Waals surface area contributed by atoms with Crippen LogP contribution >= 0.6 is 22.9 Å². The van der Waals surface area contributed by atoms with Crippen LogP contribution in [0.5, 0.6) is 5.75 Å². The minimum absolute atomic E-state index is 0.224. The van der Waals surface area contributed by atoms with Crippen LogP contribution in [0.1, 0.15) is 16.6 Å². The van der Waals surface area contributed by atoms with E-state index >= 15 is 0 Å². The van der Waals surface area contributed by atoms with Crippen molar-refractivity contribution in [3.8, 4) is 5.75 Å². The lowest BCUT2D eigenvalue weighted by molar-refractivity contribution is 0.103. The summed E-state index contributed by atoms with van der Waals surface area (Å²) in [7, 11) is 0. The molecule has 1 aromatic heterocycles. The van der Waals surface area contributed by atoms with Crippen LogP contribution in [0.25, 0.3) is 10.1 Å². The standard InChI is InChI=1S/C19H16ClNO2S/c1-12(2)11-23-14-7-5-6-13(10-14)21-19(22)18-17(20)15-8-3-4-9-16(15)24-18/h3-10H,1,11H2,2H3,(H,21,22). The lowest BCUT2D eigenvalue weighted by Gasteiger charge is -2.08. The molecule has 0 unspecified atom stereocenters. The number of carbonyl (C=O) groups excluding carboxylic acids is 1. The predicted molar refractivity (Wildman–Crippen MR) is 102 cm³/mol. The zero-order valence-corrected chi connectivity index (χ0v) is 14.7. The molecule has 0 saturated carbocycles. The van der Waals surface area contributed by atoms with E-state index in [9.17, 15) is 4.79 Å². The molecule has 1 N–H and O–H groups in total. The summed E-state index contributed by atoms with van der Waals surface area (Å²) < 4.78 is 6.58. The monoisotopic (exact) mass is 357 g/mol. The molecule has 0 spiro atoms. The molecule has 122 valence electrons. The van der Waals surface area contributed by atoms with Crippen LogP contribution < -0.4 is 10.1 Å². The Labute approximate surface area is 149 Å². The van der Waals surface area contributed by atoms with Gasteiger partial charge >= 0.3 is 0 Å². The summed E-state index contributed by atoms with van der Waals surface area (Å²) in [5, 5.41) is 4.26. The third-order valence-corrected chi connectivity index (χ3v) is 4.99. The summed E-state index contributed by atoms with van der Waals surface area (Å²) in [5.41, 5.74) is 1.59. The zero-order valence-electron chi connectivity index (χ0n) is 13.1. The van der Waals surface area contributed by atoms with Crippen molar-refractivity contribution in [2.75, 3.05) is 11.9 Å². The van der Waals surface area contributed by atoms with Gasteiger partial charge in [-0.25, -0.2) is 0 Å². The molecule has 0 radical (unpaired) electrons. The van der Waals surface area contributed by atoms with Crippen molar-refractivity contribution in [3.63, 3.8) is 0 Å². The van der Waals surface area contributed by atoms with E-state index in [-0.39, 0.29) is 5.91 Å². The van der Waals surface area contributed by atoms with E-state index in [0.29, 0.717) is 27.9 Å². The minimum atomic E-state index is -0.224. The third-order valence-electron chi connectivity index (χ3n) is 3.32. The number of ether oxygens (including phenoxy) is 1. The van der Waals surface area contributed by atoms with E-state index in [4.69, 9.17) is 16.3 Å². The summed E-state index contributed by atoms with van der Waals surface area (Å²) in [6.45, 7) is 6.14. The maximum Gasteiger partial charge on any atom is 0.267 e. The van der Waals surface area contributed by atoms with Crippen molar-refractivity contribution in [2.24, 2.45) is 0 Å². The van der Waals surface area contributed by atoms with E-state index in [1.165, 1.54) is 11.3 Å². The topological polar surface area (TPSA) is 38.3 Å². The zero-order chi connectivity index (χ0) is 17.1. The van der Waals surface area contributed by atoms with Crippen LogP contribution in [0.3, 0.4) is 0 Å². The lowest BCUT2D eigenvalue weighted by Crippen LogP contribution is -2.10. The molecule has 0 atom stereocenters. The van der Waals surface area contributed by atoms with E-state index in [1.54, 1.807) is 6.07 Å². The van der Waals surface area contributed by atoms with E-state index in [1.807, 2.05) is 49.4 Å². The highest BCUT2D eigenvalue weighted by atomic mass is 35.5. The van der Waals surface area contributed by atoms with Gasteiger partial charge in [-0.1, -0.05) is 42.4 Å². The van der Waals surface area contributed by atoms with Gasteiger partial charge in [0.05, 0.1) is 5.02 Å². The van der Waals surface area contributed by atoms with Crippen molar-refractivity contribution >= 4 is 44.6 Å². The van der Waals surface area contributed by atoms with Gasteiger partial charge in [-0.05, 0) is 30.7 Å². The first kappa shape index (κ1) is 16.6. The molecule has 0 aliphatic carbocycles. The van der Waals surface area contributed by atoms with Gasteiger partial charge in [0, 0.05) is 21.8 Å². The Morgan fingerprint density at radius 3 is 2.79 bits per heavy atom. The predicted octanol–water partition coefficient (Wildman–Crippen LogP) is 5.76. The first-order valence-corrected chi connectivity index (χ1v) is 8.59. The summed E-state index contributed by atoms with van der Waals surface area (Å²) >= 11 is 7.73. The first-order valence-electron chi connectivity index (χ1n) is 7.40. The Hall–Kier alpha value is -2.30. The van der Waals surface area contributed by atoms with Crippen LogP contribution in [0.15, 0.2) is 60.7 Å². The normalized spacial score (nSPS) is 10.6. The molecule has 0 fully saturated rings. The van der Waals surface area contributed by atoms with Crippen LogP contribution in [0.4, 0.5) is 5.69 Å². The average molecular weight is 358 g/mol. The number of nitrogens with one attached hydrogen (secondary N) is 1. The Bertz CT molecular complexity index is 917. The summed E-state index contributed by atoms with van der Waals surface area (Å²) in [4.78, 5) is 13.0. The molecule has 1 heterocycles. The van der Waals surface area contributed by atoms with Crippen molar-refractivity contribution in [1.29, 1.82) is 0 Å². The van der Waals surface area contributed by atoms with Crippen LogP contribution in [0.2, 0.25) is 5.02 Å². The number of anilines is 1. The quantitative estimate of drug-likeness (QED) is 0.589. The first-order chi connectivity index (χ1) is 11.5. The second kappa shape index (κ2) is 7.07. The van der Waals surface area contributed by atoms with E-state index in [0.717, 1.165) is 15.7 Å². The third kappa shape index (κ3) is 3.61. The molecule has 3 rings (SSSR count). The summed E-state index contributed by atoms with van der Waals surface area (Å²) in [6, 6.07) is 15.0.